The molecule has 1 heterocycles. The lowest BCUT2D eigenvalue weighted by atomic mass is 10.1. The summed E-state index contributed by atoms with van der Waals surface area (Å²) in [6.07, 6.45) is 1.58. The van der Waals surface area contributed by atoms with Crippen molar-refractivity contribution in [2.75, 3.05) is 14.2 Å². The number of ketones is 1. The fourth-order valence-electron chi connectivity index (χ4n) is 3.09. The first-order chi connectivity index (χ1) is 15.0. The van der Waals surface area contributed by atoms with Crippen molar-refractivity contribution in [2.45, 2.75) is 0 Å². The molecule has 0 unspecified atom stereocenters. The van der Waals surface area contributed by atoms with E-state index in [-0.39, 0.29) is 22.9 Å². The zero-order valence-corrected chi connectivity index (χ0v) is 17.4. The number of rotatable bonds is 5. The maximum atomic E-state index is 12.6. The summed E-state index contributed by atoms with van der Waals surface area (Å²) in [5.74, 6) is 0.748. The van der Waals surface area contributed by atoms with E-state index >= 15 is 0 Å². The van der Waals surface area contributed by atoms with Crippen LogP contribution in [0.25, 0.3) is 6.08 Å². The summed E-state index contributed by atoms with van der Waals surface area (Å²) in [6.45, 7) is 0. The minimum Gasteiger partial charge on any atom is -0.493 e. The largest absolute Gasteiger partial charge is 0.493 e. The van der Waals surface area contributed by atoms with Crippen LogP contribution in [0.5, 0.6) is 23.0 Å². The van der Waals surface area contributed by atoms with Crippen LogP contribution >= 0.6 is 11.6 Å². The van der Waals surface area contributed by atoms with E-state index in [9.17, 15) is 9.59 Å². The lowest BCUT2D eigenvalue weighted by molar-refractivity contribution is 0.0734. The maximum absolute atomic E-state index is 12.6. The molecule has 0 aromatic heterocycles. The highest BCUT2D eigenvalue weighted by Gasteiger charge is 2.28. The Kier molecular flexibility index (Phi) is 5.64. The SMILES string of the molecule is COc1ccc(C(=O)Oc2ccc3c(c2)OC(=Cc2ccccc2Cl)C3=O)cc1OC. The second kappa shape index (κ2) is 8.53. The van der Waals surface area contributed by atoms with Crippen LogP contribution in [0.4, 0.5) is 0 Å². The topological polar surface area (TPSA) is 71.1 Å². The number of Topliss-reactive ketones (excluding diaryl/α,β-unsaturated/α-hetero) is 1. The van der Waals surface area contributed by atoms with Crippen LogP contribution in [-0.2, 0) is 0 Å². The first kappa shape index (κ1) is 20.5. The van der Waals surface area contributed by atoms with E-state index in [1.54, 1.807) is 42.5 Å². The Morgan fingerprint density at radius 1 is 0.968 bits per heavy atom. The number of carbonyl (C=O) groups excluding carboxylic acids is 2. The van der Waals surface area contributed by atoms with Gasteiger partial charge in [0.15, 0.2) is 17.3 Å². The van der Waals surface area contributed by atoms with Crippen LogP contribution in [0, 0.1) is 0 Å². The molecule has 0 radical (unpaired) electrons. The van der Waals surface area contributed by atoms with Crippen LogP contribution in [-0.4, -0.2) is 26.0 Å². The lowest BCUT2D eigenvalue weighted by Gasteiger charge is -2.10. The minimum absolute atomic E-state index is 0.145. The molecule has 0 bridgehead atoms. The van der Waals surface area contributed by atoms with Gasteiger partial charge in [-0.15, -0.1) is 0 Å². The quantitative estimate of drug-likeness (QED) is 0.311. The molecule has 31 heavy (non-hydrogen) atoms. The van der Waals surface area contributed by atoms with Crippen molar-refractivity contribution in [3.63, 3.8) is 0 Å². The highest BCUT2D eigenvalue weighted by Crippen LogP contribution is 2.36. The van der Waals surface area contributed by atoms with Crippen LogP contribution < -0.4 is 18.9 Å². The number of ether oxygens (including phenoxy) is 4. The first-order valence-corrected chi connectivity index (χ1v) is 9.65. The van der Waals surface area contributed by atoms with E-state index < -0.39 is 5.97 Å². The average molecular weight is 437 g/mol. The molecule has 0 saturated heterocycles. The van der Waals surface area contributed by atoms with E-state index in [2.05, 4.69) is 0 Å². The summed E-state index contributed by atoms with van der Waals surface area (Å²) in [5, 5.41) is 0.506. The van der Waals surface area contributed by atoms with E-state index in [4.69, 9.17) is 30.5 Å². The standard InChI is InChI=1S/C24H17ClO6/c1-28-19-10-7-15(12-21(19)29-2)24(27)30-16-8-9-17-20(13-16)31-22(23(17)26)11-14-5-3-4-6-18(14)25/h3-13H,1-2H3. The van der Waals surface area contributed by atoms with Gasteiger partial charge in [0.1, 0.15) is 11.5 Å². The zero-order chi connectivity index (χ0) is 22.0. The van der Waals surface area contributed by atoms with Gasteiger partial charge in [0.2, 0.25) is 5.78 Å². The smallest absolute Gasteiger partial charge is 0.343 e. The summed E-state index contributed by atoms with van der Waals surface area (Å²) >= 11 is 6.16. The third-order valence-electron chi connectivity index (χ3n) is 4.66. The fourth-order valence-corrected chi connectivity index (χ4v) is 3.28. The molecule has 0 atom stereocenters. The van der Waals surface area contributed by atoms with Crippen LogP contribution in [0.1, 0.15) is 26.3 Å². The average Bonchev–Trinajstić information content (AvgIpc) is 3.09. The molecule has 156 valence electrons. The molecule has 0 saturated carbocycles. The number of carbonyl (C=O) groups is 2. The number of methoxy groups -OCH3 is 2. The molecule has 3 aromatic carbocycles. The molecule has 6 nitrogen and oxygen atoms in total. The van der Waals surface area contributed by atoms with Gasteiger partial charge in [-0.05, 0) is 48.0 Å². The first-order valence-electron chi connectivity index (χ1n) is 9.27. The molecule has 0 amide bonds. The third-order valence-corrected chi connectivity index (χ3v) is 5.01. The van der Waals surface area contributed by atoms with Crippen molar-refractivity contribution >= 4 is 29.4 Å². The predicted molar refractivity (Wildman–Crippen MR) is 115 cm³/mol. The number of hydrogen-bond donors (Lipinski definition) is 0. The zero-order valence-electron chi connectivity index (χ0n) is 16.7. The molecular formula is C24H17ClO6. The number of halogens is 1. The normalized spacial score (nSPS) is 13.5. The summed E-state index contributed by atoms with van der Waals surface area (Å²) in [4.78, 5) is 25.2. The van der Waals surface area contributed by atoms with Crippen molar-refractivity contribution in [1.29, 1.82) is 0 Å². The maximum Gasteiger partial charge on any atom is 0.343 e. The molecule has 7 heteroatoms. The van der Waals surface area contributed by atoms with Gasteiger partial charge < -0.3 is 18.9 Å². The van der Waals surface area contributed by atoms with Crippen molar-refractivity contribution < 1.29 is 28.5 Å². The number of fused-ring (bicyclic) bond motifs is 1. The van der Waals surface area contributed by atoms with Crippen LogP contribution in [0.2, 0.25) is 5.02 Å². The van der Waals surface area contributed by atoms with Gasteiger partial charge in [0.25, 0.3) is 0 Å². The Balaban J connectivity index is 1.55. The molecule has 0 aliphatic carbocycles. The minimum atomic E-state index is -0.586. The Hall–Kier alpha value is -3.77. The second-order valence-corrected chi connectivity index (χ2v) is 6.99. The van der Waals surface area contributed by atoms with Gasteiger partial charge >= 0.3 is 5.97 Å². The monoisotopic (exact) mass is 436 g/mol. The molecule has 0 N–H and O–H groups in total. The van der Waals surface area contributed by atoms with Crippen molar-refractivity contribution in [3.05, 3.63) is 88.1 Å². The highest BCUT2D eigenvalue weighted by atomic mass is 35.5. The fraction of sp³-hybridized carbons (Fsp3) is 0.0833. The second-order valence-electron chi connectivity index (χ2n) is 6.58. The Morgan fingerprint density at radius 3 is 2.48 bits per heavy atom. The lowest BCUT2D eigenvalue weighted by Crippen LogP contribution is -2.09. The number of esters is 1. The molecule has 4 rings (SSSR count). The van der Waals surface area contributed by atoms with Gasteiger partial charge in [-0.3, -0.25) is 4.79 Å². The highest BCUT2D eigenvalue weighted by molar-refractivity contribution is 6.32. The molecule has 0 fully saturated rings. The molecule has 3 aromatic rings. The van der Waals surface area contributed by atoms with E-state index in [1.807, 2.05) is 6.07 Å². The van der Waals surface area contributed by atoms with Crippen molar-refractivity contribution in [3.8, 4) is 23.0 Å². The van der Waals surface area contributed by atoms with Crippen molar-refractivity contribution in [2.24, 2.45) is 0 Å². The number of allylic oxidation sites excluding steroid dienone is 1. The third kappa shape index (κ3) is 4.11. The molecule has 1 aliphatic heterocycles. The summed E-state index contributed by atoms with van der Waals surface area (Å²) < 4.78 is 21.5. The Bertz CT molecular complexity index is 1210. The van der Waals surface area contributed by atoms with Gasteiger partial charge in [0, 0.05) is 11.1 Å². The molecular weight excluding hydrogens is 420 g/mol. The summed E-state index contributed by atoms with van der Waals surface area (Å²) in [7, 11) is 2.99. The summed E-state index contributed by atoms with van der Waals surface area (Å²) in [5.41, 5.74) is 1.33. The van der Waals surface area contributed by atoms with Crippen molar-refractivity contribution in [1.82, 2.24) is 0 Å². The molecule has 1 aliphatic rings. The number of hydrogen-bond acceptors (Lipinski definition) is 6. The van der Waals surface area contributed by atoms with Gasteiger partial charge in [-0.1, -0.05) is 29.8 Å². The van der Waals surface area contributed by atoms with Gasteiger partial charge in [0.05, 0.1) is 25.3 Å². The Labute approximate surface area is 183 Å². The van der Waals surface area contributed by atoms with Gasteiger partial charge in [-0.2, -0.15) is 0 Å². The number of benzene rings is 3. The van der Waals surface area contributed by atoms with Crippen LogP contribution in [0.15, 0.2) is 66.4 Å². The van der Waals surface area contributed by atoms with Gasteiger partial charge in [-0.25, -0.2) is 4.79 Å². The van der Waals surface area contributed by atoms with E-state index in [0.717, 1.165) is 0 Å². The van der Waals surface area contributed by atoms with Crippen LogP contribution in [0.3, 0.4) is 0 Å². The molecule has 0 spiro atoms. The Morgan fingerprint density at radius 2 is 1.74 bits per heavy atom. The predicted octanol–water partition coefficient (Wildman–Crippen LogP) is 5.19. The summed E-state index contributed by atoms with van der Waals surface area (Å²) in [6, 6.07) is 16.4. The van der Waals surface area contributed by atoms with E-state index in [1.165, 1.54) is 32.4 Å². The van der Waals surface area contributed by atoms with E-state index in [0.29, 0.717) is 33.4 Å².